The van der Waals surface area contributed by atoms with E-state index in [1.165, 1.54) is 0 Å². The van der Waals surface area contributed by atoms with E-state index in [0.717, 1.165) is 23.8 Å². The Hall–Kier alpha value is -2.17. The molecule has 0 aliphatic rings. The summed E-state index contributed by atoms with van der Waals surface area (Å²) in [7, 11) is 0. The van der Waals surface area contributed by atoms with Crippen LogP contribution in [0.3, 0.4) is 0 Å². The smallest absolute Gasteiger partial charge is 0.335 e. The van der Waals surface area contributed by atoms with Crippen molar-refractivity contribution in [2.45, 2.75) is 20.4 Å². The molecule has 0 aliphatic carbocycles. The Kier molecular flexibility index (Phi) is 2.91. The van der Waals surface area contributed by atoms with Crippen molar-refractivity contribution in [3.8, 4) is 11.4 Å². The minimum Gasteiger partial charge on any atom is -0.478 e. The second-order valence-electron chi connectivity index (χ2n) is 3.70. The first-order valence-corrected chi connectivity index (χ1v) is 5.37. The van der Waals surface area contributed by atoms with Crippen molar-refractivity contribution in [2.75, 3.05) is 0 Å². The van der Waals surface area contributed by atoms with E-state index in [1.54, 1.807) is 24.3 Å². The van der Waals surface area contributed by atoms with Crippen molar-refractivity contribution < 1.29 is 9.90 Å². The lowest BCUT2D eigenvalue weighted by Gasteiger charge is -2.05. The first-order valence-electron chi connectivity index (χ1n) is 5.37. The van der Waals surface area contributed by atoms with E-state index in [0.29, 0.717) is 0 Å². The highest BCUT2D eigenvalue weighted by Gasteiger charge is 2.10. The zero-order valence-corrected chi connectivity index (χ0v) is 9.71. The minimum atomic E-state index is -0.926. The van der Waals surface area contributed by atoms with Crippen LogP contribution in [0.15, 0.2) is 24.3 Å². The van der Waals surface area contributed by atoms with Gasteiger partial charge in [-0.1, -0.05) is 12.1 Å². The molecule has 0 saturated heterocycles. The Bertz CT molecular complexity index is 543. The van der Waals surface area contributed by atoms with Gasteiger partial charge in [-0.15, -0.1) is 10.2 Å². The number of benzene rings is 1. The van der Waals surface area contributed by atoms with Gasteiger partial charge in [-0.05, 0) is 26.0 Å². The second-order valence-corrected chi connectivity index (χ2v) is 3.70. The number of carboxylic acid groups (broad SMARTS) is 1. The van der Waals surface area contributed by atoms with Gasteiger partial charge in [0.05, 0.1) is 5.56 Å². The average Bonchev–Trinajstić information content (AvgIpc) is 2.70. The Morgan fingerprint density at radius 1 is 1.29 bits per heavy atom. The third kappa shape index (κ3) is 2.04. The number of hydrogen-bond acceptors (Lipinski definition) is 3. The van der Waals surface area contributed by atoms with E-state index in [-0.39, 0.29) is 5.56 Å². The van der Waals surface area contributed by atoms with Crippen LogP contribution in [0.4, 0.5) is 0 Å². The number of hydrogen-bond donors (Lipinski definition) is 1. The molecule has 0 aliphatic heterocycles. The molecular weight excluding hydrogens is 218 g/mol. The molecule has 0 fully saturated rings. The molecule has 0 radical (unpaired) electrons. The molecule has 0 atom stereocenters. The van der Waals surface area contributed by atoms with Crippen LogP contribution < -0.4 is 0 Å². The molecule has 0 spiro atoms. The monoisotopic (exact) mass is 231 g/mol. The fourth-order valence-corrected chi connectivity index (χ4v) is 1.73. The number of aromatic nitrogens is 3. The summed E-state index contributed by atoms with van der Waals surface area (Å²) < 4.78 is 1.98. The fraction of sp³-hybridized carbons (Fsp3) is 0.250. The maximum atomic E-state index is 10.7. The summed E-state index contributed by atoms with van der Waals surface area (Å²) in [6.07, 6.45) is 0. The molecule has 0 amide bonds. The van der Waals surface area contributed by atoms with Crippen LogP contribution in [0.2, 0.25) is 0 Å². The predicted molar refractivity (Wildman–Crippen MR) is 62.8 cm³/mol. The molecule has 88 valence electrons. The Labute approximate surface area is 98.7 Å². The van der Waals surface area contributed by atoms with E-state index >= 15 is 0 Å². The predicted octanol–water partition coefficient (Wildman–Crippen LogP) is 1.97. The zero-order valence-electron chi connectivity index (χ0n) is 9.71. The summed E-state index contributed by atoms with van der Waals surface area (Å²) in [5.74, 6) is 0.691. The number of aryl methyl sites for hydroxylation is 1. The van der Waals surface area contributed by atoms with Gasteiger partial charge >= 0.3 is 5.97 Å². The first kappa shape index (κ1) is 11.3. The Balaban J connectivity index is 2.43. The van der Waals surface area contributed by atoms with Gasteiger partial charge in [-0.3, -0.25) is 0 Å². The van der Waals surface area contributed by atoms with Gasteiger partial charge in [0.25, 0.3) is 0 Å². The van der Waals surface area contributed by atoms with Gasteiger partial charge in [0.2, 0.25) is 0 Å². The third-order valence-corrected chi connectivity index (χ3v) is 2.64. The second kappa shape index (κ2) is 4.37. The van der Waals surface area contributed by atoms with Crippen molar-refractivity contribution in [3.05, 3.63) is 35.7 Å². The Morgan fingerprint density at radius 3 is 2.47 bits per heavy atom. The number of carbonyl (C=O) groups is 1. The summed E-state index contributed by atoms with van der Waals surface area (Å²) in [5, 5.41) is 16.9. The van der Waals surface area contributed by atoms with Crippen molar-refractivity contribution in [1.82, 2.24) is 14.8 Å². The van der Waals surface area contributed by atoms with Crippen LogP contribution in [0.5, 0.6) is 0 Å². The maximum absolute atomic E-state index is 10.7. The molecule has 0 bridgehead atoms. The van der Waals surface area contributed by atoms with E-state index in [9.17, 15) is 4.79 Å². The molecule has 2 rings (SSSR count). The lowest BCUT2D eigenvalue weighted by molar-refractivity contribution is 0.0697. The van der Waals surface area contributed by atoms with Gasteiger partial charge in [-0.25, -0.2) is 4.79 Å². The van der Waals surface area contributed by atoms with Crippen LogP contribution in [-0.4, -0.2) is 25.8 Å². The molecule has 0 unspecified atom stereocenters. The van der Waals surface area contributed by atoms with Gasteiger partial charge in [-0.2, -0.15) is 0 Å². The topological polar surface area (TPSA) is 68.0 Å². The average molecular weight is 231 g/mol. The highest BCUT2D eigenvalue weighted by molar-refractivity contribution is 5.88. The van der Waals surface area contributed by atoms with Crippen LogP contribution in [0, 0.1) is 6.92 Å². The third-order valence-electron chi connectivity index (χ3n) is 2.64. The first-order chi connectivity index (χ1) is 8.13. The minimum absolute atomic E-state index is 0.271. The van der Waals surface area contributed by atoms with E-state index in [1.807, 2.05) is 18.4 Å². The summed E-state index contributed by atoms with van der Waals surface area (Å²) in [6.45, 7) is 4.70. The van der Waals surface area contributed by atoms with Crippen LogP contribution in [0.25, 0.3) is 11.4 Å². The molecular formula is C12H13N3O2. The van der Waals surface area contributed by atoms with Gasteiger partial charge < -0.3 is 9.67 Å². The SMILES string of the molecule is CCn1c(C)nnc1-c1ccc(C(=O)O)cc1. The van der Waals surface area contributed by atoms with Crippen LogP contribution in [-0.2, 0) is 6.54 Å². The fourth-order valence-electron chi connectivity index (χ4n) is 1.73. The van der Waals surface area contributed by atoms with Crippen molar-refractivity contribution in [1.29, 1.82) is 0 Å². The largest absolute Gasteiger partial charge is 0.478 e. The van der Waals surface area contributed by atoms with E-state index < -0.39 is 5.97 Å². The highest BCUT2D eigenvalue weighted by atomic mass is 16.4. The van der Waals surface area contributed by atoms with Crippen LogP contribution in [0.1, 0.15) is 23.1 Å². The molecule has 1 aromatic heterocycles. The van der Waals surface area contributed by atoms with Crippen LogP contribution >= 0.6 is 0 Å². The van der Waals surface area contributed by atoms with Gasteiger partial charge in [0.1, 0.15) is 5.82 Å². The lowest BCUT2D eigenvalue weighted by Crippen LogP contribution is -2.00. The highest BCUT2D eigenvalue weighted by Crippen LogP contribution is 2.18. The van der Waals surface area contributed by atoms with Crippen molar-refractivity contribution in [2.24, 2.45) is 0 Å². The Morgan fingerprint density at radius 2 is 1.94 bits per heavy atom. The van der Waals surface area contributed by atoms with Gasteiger partial charge in [0, 0.05) is 12.1 Å². The summed E-state index contributed by atoms with van der Waals surface area (Å²) >= 11 is 0. The molecule has 5 nitrogen and oxygen atoms in total. The van der Waals surface area contributed by atoms with Crippen molar-refractivity contribution in [3.63, 3.8) is 0 Å². The number of carboxylic acids is 1. The normalized spacial score (nSPS) is 10.5. The summed E-state index contributed by atoms with van der Waals surface area (Å²) in [5.41, 5.74) is 1.14. The van der Waals surface area contributed by atoms with E-state index in [2.05, 4.69) is 10.2 Å². The molecule has 1 N–H and O–H groups in total. The summed E-state index contributed by atoms with van der Waals surface area (Å²) in [6, 6.07) is 6.64. The van der Waals surface area contributed by atoms with Gasteiger partial charge in [0.15, 0.2) is 5.82 Å². The standard InChI is InChI=1S/C12H13N3O2/c1-3-15-8(2)13-14-11(15)9-4-6-10(7-5-9)12(16)17/h4-7H,3H2,1-2H3,(H,16,17). The number of aromatic carboxylic acids is 1. The van der Waals surface area contributed by atoms with E-state index in [4.69, 9.17) is 5.11 Å². The number of nitrogens with zero attached hydrogens (tertiary/aromatic N) is 3. The molecule has 2 aromatic rings. The molecule has 17 heavy (non-hydrogen) atoms. The van der Waals surface area contributed by atoms with Crippen molar-refractivity contribution >= 4 is 5.97 Å². The summed E-state index contributed by atoms with van der Waals surface area (Å²) in [4.78, 5) is 10.7. The quantitative estimate of drug-likeness (QED) is 0.876. The maximum Gasteiger partial charge on any atom is 0.335 e. The lowest BCUT2D eigenvalue weighted by atomic mass is 10.1. The molecule has 5 heteroatoms. The zero-order chi connectivity index (χ0) is 12.4. The molecule has 0 saturated carbocycles. The molecule has 1 heterocycles. The number of rotatable bonds is 3. The molecule has 1 aromatic carbocycles.